The SMILES string of the molecule is NC(=O)c1ccc2c(c1)C=CC(c1cc3ccccc3c3ccc4c(c13)CCCC4)=NS2. The smallest absolute Gasteiger partial charge is 0.248 e. The average molecular weight is 435 g/mol. The Balaban J connectivity index is 1.59. The summed E-state index contributed by atoms with van der Waals surface area (Å²) in [5.41, 5.74) is 12.1. The maximum absolute atomic E-state index is 11.6. The van der Waals surface area contributed by atoms with E-state index in [1.807, 2.05) is 12.1 Å². The monoisotopic (exact) mass is 434 g/mol. The Hall–Kier alpha value is -3.37. The number of aryl methyl sites for hydroxylation is 2. The number of nitrogens with two attached hydrogens (primary N) is 1. The lowest BCUT2D eigenvalue weighted by Crippen LogP contribution is -2.10. The standard InChI is InChI=1S/C28H22N2OS/c29-28(31)20-11-14-26-19(15-20)10-13-25(30-32-26)24-16-18-6-2-3-7-21(18)23-12-9-17-5-1-4-8-22(17)27(23)24/h2-3,6-7,9-16H,1,4-5,8H2,(H2,29,31). The highest BCUT2D eigenvalue weighted by molar-refractivity contribution is 7.98. The maximum atomic E-state index is 11.6. The van der Waals surface area contributed by atoms with Gasteiger partial charge in [0.2, 0.25) is 5.91 Å². The minimum atomic E-state index is -0.413. The number of allylic oxidation sites excluding steroid dienone is 1. The van der Waals surface area contributed by atoms with Gasteiger partial charge in [-0.25, -0.2) is 4.40 Å². The predicted molar refractivity (Wildman–Crippen MR) is 134 cm³/mol. The van der Waals surface area contributed by atoms with Crippen LogP contribution >= 0.6 is 11.9 Å². The van der Waals surface area contributed by atoms with Crippen LogP contribution in [0.1, 0.15) is 45.5 Å². The van der Waals surface area contributed by atoms with E-state index in [9.17, 15) is 4.79 Å². The minimum Gasteiger partial charge on any atom is -0.366 e. The summed E-state index contributed by atoms with van der Waals surface area (Å²) in [5.74, 6) is -0.413. The Bertz CT molecular complexity index is 1480. The van der Waals surface area contributed by atoms with Gasteiger partial charge >= 0.3 is 0 Å². The second-order valence-electron chi connectivity index (χ2n) is 8.50. The van der Waals surface area contributed by atoms with E-state index < -0.39 is 5.91 Å². The van der Waals surface area contributed by atoms with Crippen molar-refractivity contribution >= 4 is 51.2 Å². The highest BCUT2D eigenvalue weighted by Crippen LogP contribution is 2.38. The van der Waals surface area contributed by atoms with E-state index >= 15 is 0 Å². The number of hydrogen-bond donors (Lipinski definition) is 1. The topological polar surface area (TPSA) is 55.5 Å². The van der Waals surface area contributed by atoms with Gasteiger partial charge < -0.3 is 5.73 Å². The van der Waals surface area contributed by atoms with Gasteiger partial charge in [-0.1, -0.05) is 42.5 Å². The number of hydrogen-bond acceptors (Lipinski definition) is 3. The van der Waals surface area contributed by atoms with Crippen molar-refractivity contribution in [3.63, 3.8) is 0 Å². The molecular formula is C28H22N2OS. The zero-order valence-electron chi connectivity index (χ0n) is 17.6. The Morgan fingerprint density at radius 3 is 2.69 bits per heavy atom. The Labute approximate surface area is 191 Å². The summed E-state index contributed by atoms with van der Waals surface area (Å²) >= 11 is 1.46. The normalized spacial score (nSPS) is 15.2. The number of primary amides is 1. The molecule has 1 heterocycles. The molecule has 0 spiro atoms. The number of carbonyl (C=O) groups is 1. The molecular weight excluding hydrogens is 412 g/mol. The second-order valence-corrected chi connectivity index (χ2v) is 9.30. The van der Waals surface area contributed by atoms with Crippen LogP contribution in [0.3, 0.4) is 0 Å². The van der Waals surface area contributed by atoms with Crippen molar-refractivity contribution < 1.29 is 4.79 Å². The van der Waals surface area contributed by atoms with E-state index in [0.29, 0.717) is 5.56 Å². The molecule has 0 radical (unpaired) electrons. The fraction of sp³-hybridized carbons (Fsp3) is 0.143. The molecule has 6 rings (SSSR count). The summed E-state index contributed by atoms with van der Waals surface area (Å²) in [4.78, 5) is 12.7. The lowest BCUT2D eigenvalue weighted by Gasteiger charge is -2.21. The van der Waals surface area contributed by atoms with Crippen LogP contribution in [0, 0.1) is 0 Å². The number of benzene rings is 4. The van der Waals surface area contributed by atoms with Gasteiger partial charge in [0.25, 0.3) is 0 Å². The fourth-order valence-corrected chi connectivity index (χ4v) is 5.73. The van der Waals surface area contributed by atoms with Crippen LogP contribution in [-0.2, 0) is 12.8 Å². The third kappa shape index (κ3) is 3.14. The van der Waals surface area contributed by atoms with E-state index in [-0.39, 0.29) is 0 Å². The number of rotatable bonds is 2. The zero-order chi connectivity index (χ0) is 21.7. The molecule has 0 bridgehead atoms. The van der Waals surface area contributed by atoms with Crippen molar-refractivity contribution in [2.24, 2.45) is 10.1 Å². The first kappa shape index (κ1) is 19.3. The molecule has 0 atom stereocenters. The molecule has 4 aromatic carbocycles. The van der Waals surface area contributed by atoms with Crippen LogP contribution in [-0.4, -0.2) is 11.6 Å². The summed E-state index contributed by atoms with van der Waals surface area (Å²) in [6.07, 6.45) is 8.89. The number of fused-ring (bicyclic) bond motifs is 6. The molecule has 0 fully saturated rings. The summed E-state index contributed by atoms with van der Waals surface area (Å²) in [5, 5.41) is 5.16. The Morgan fingerprint density at radius 2 is 1.78 bits per heavy atom. The minimum absolute atomic E-state index is 0.413. The first-order valence-corrected chi connectivity index (χ1v) is 11.8. The van der Waals surface area contributed by atoms with Gasteiger partial charge in [-0.05, 0) is 94.3 Å². The van der Waals surface area contributed by atoms with Crippen molar-refractivity contribution in [2.45, 2.75) is 30.6 Å². The molecule has 1 aliphatic carbocycles. The van der Waals surface area contributed by atoms with Crippen molar-refractivity contribution in [3.8, 4) is 0 Å². The van der Waals surface area contributed by atoms with Gasteiger partial charge in [0.15, 0.2) is 0 Å². The van der Waals surface area contributed by atoms with Crippen molar-refractivity contribution in [1.82, 2.24) is 0 Å². The van der Waals surface area contributed by atoms with E-state index in [0.717, 1.165) is 29.0 Å². The van der Waals surface area contributed by atoms with Crippen molar-refractivity contribution in [3.05, 3.63) is 94.6 Å². The zero-order valence-corrected chi connectivity index (χ0v) is 18.4. The van der Waals surface area contributed by atoms with E-state index in [2.05, 4.69) is 54.6 Å². The number of carbonyl (C=O) groups excluding carboxylic acids is 1. The molecule has 4 aromatic rings. The third-order valence-electron chi connectivity index (χ3n) is 6.59. The van der Waals surface area contributed by atoms with Crippen LogP contribution in [0.5, 0.6) is 0 Å². The Kier molecular flexibility index (Phi) is 4.62. The van der Waals surface area contributed by atoms with Gasteiger partial charge in [-0.3, -0.25) is 4.79 Å². The molecule has 1 amide bonds. The largest absolute Gasteiger partial charge is 0.366 e. The average Bonchev–Trinajstić information content (AvgIpc) is 3.05. The quantitative estimate of drug-likeness (QED) is 0.289. The lowest BCUT2D eigenvalue weighted by molar-refractivity contribution is 0.1000. The van der Waals surface area contributed by atoms with Crippen LogP contribution in [0.15, 0.2) is 76.0 Å². The molecule has 32 heavy (non-hydrogen) atoms. The summed E-state index contributed by atoms with van der Waals surface area (Å²) in [7, 11) is 0. The van der Waals surface area contributed by atoms with Crippen LogP contribution in [0.25, 0.3) is 27.6 Å². The molecule has 0 saturated heterocycles. The van der Waals surface area contributed by atoms with Crippen molar-refractivity contribution in [2.75, 3.05) is 0 Å². The maximum Gasteiger partial charge on any atom is 0.248 e. The van der Waals surface area contributed by atoms with Gasteiger partial charge in [-0.2, -0.15) is 0 Å². The molecule has 0 saturated carbocycles. The molecule has 0 unspecified atom stereocenters. The van der Waals surface area contributed by atoms with Crippen LogP contribution in [0.4, 0.5) is 0 Å². The van der Waals surface area contributed by atoms with E-state index in [1.165, 1.54) is 63.0 Å². The van der Waals surface area contributed by atoms with Crippen LogP contribution in [0.2, 0.25) is 0 Å². The molecule has 1 aliphatic heterocycles. The molecule has 3 nitrogen and oxygen atoms in total. The fourth-order valence-electron chi connectivity index (χ4n) is 5.01. The first-order chi connectivity index (χ1) is 15.7. The van der Waals surface area contributed by atoms with Gasteiger partial charge in [0, 0.05) is 28.0 Å². The highest BCUT2D eigenvalue weighted by atomic mass is 32.2. The molecule has 2 aliphatic rings. The van der Waals surface area contributed by atoms with E-state index in [4.69, 9.17) is 10.1 Å². The highest BCUT2D eigenvalue weighted by Gasteiger charge is 2.19. The molecule has 0 aromatic heterocycles. The van der Waals surface area contributed by atoms with Gasteiger partial charge in [0.1, 0.15) is 0 Å². The third-order valence-corrected chi connectivity index (χ3v) is 7.44. The summed E-state index contributed by atoms with van der Waals surface area (Å²) in [6, 6.07) is 21.1. The molecule has 2 N–H and O–H groups in total. The Morgan fingerprint density at radius 1 is 0.906 bits per heavy atom. The summed E-state index contributed by atoms with van der Waals surface area (Å²) in [6.45, 7) is 0. The summed E-state index contributed by atoms with van der Waals surface area (Å²) < 4.78 is 4.95. The van der Waals surface area contributed by atoms with Crippen LogP contribution < -0.4 is 5.73 Å². The van der Waals surface area contributed by atoms with Gasteiger partial charge in [0.05, 0.1) is 5.71 Å². The van der Waals surface area contributed by atoms with Crippen molar-refractivity contribution in [1.29, 1.82) is 0 Å². The lowest BCUT2D eigenvalue weighted by atomic mass is 9.83. The molecule has 156 valence electrons. The second kappa shape index (κ2) is 7.64. The number of nitrogens with zero attached hydrogens (tertiary/aromatic N) is 1. The van der Waals surface area contributed by atoms with E-state index in [1.54, 1.807) is 6.07 Å². The predicted octanol–water partition coefficient (Wildman–Crippen LogP) is 6.49. The molecule has 4 heteroatoms. The van der Waals surface area contributed by atoms with Gasteiger partial charge in [-0.15, -0.1) is 0 Å². The number of amides is 1. The first-order valence-electron chi connectivity index (χ1n) is 11.0.